The first-order chi connectivity index (χ1) is 18.2. The molecule has 10 heteroatoms. The van der Waals surface area contributed by atoms with Gasteiger partial charge in [-0.3, -0.25) is 4.79 Å². The topological polar surface area (TPSA) is 105 Å². The molecule has 5 aromatic rings. The third kappa shape index (κ3) is 4.73. The molecule has 1 aliphatic rings. The molecule has 2 N–H and O–H groups in total. The highest BCUT2D eigenvalue weighted by Gasteiger charge is 2.29. The van der Waals surface area contributed by atoms with Gasteiger partial charge in [-0.15, -0.1) is 11.3 Å². The monoisotopic (exact) mass is 514 g/mol. The first-order valence-electron chi connectivity index (χ1n) is 12.2. The van der Waals surface area contributed by atoms with Crippen LogP contribution in [0.1, 0.15) is 18.5 Å². The van der Waals surface area contributed by atoms with Crippen LogP contribution in [0.15, 0.2) is 65.9 Å². The van der Waals surface area contributed by atoms with Gasteiger partial charge in [-0.1, -0.05) is 6.07 Å². The molecule has 1 aliphatic heterocycles. The number of likely N-dealkylation sites (tertiary alicyclic amines) is 1. The molecule has 1 atom stereocenters. The highest BCUT2D eigenvalue weighted by atomic mass is 32.1. The van der Waals surface area contributed by atoms with E-state index in [1.165, 1.54) is 6.33 Å². The predicted octanol–water partition coefficient (Wildman–Crippen LogP) is 4.20. The van der Waals surface area contributed by atoms with Gasteiger partial charge in [0.2, 0.25) is 5.91 Å². The van der Waals surface area contributed by atoms with Crippen LogP contribution in [0.25, 0.3) is 21.8 Å². The Bertz CT molecular complexity index is 1550. The van der Waals surface area contributed by atoms with E-state index in [2.05, 4.69) is 54.6 Å². The van der Waals surface area contributed by atoms with Gasteiger partial charge in [-0.2, -0.15) is 0 Å². The maximum Gasteiger partial charge on any atom is 0.248 e. The lowest BCUT2D eigenvalue weighted by Crippen LogP contribution is -2.40. The predicted molar refractivity (Wildman–Crippen MR) is 143 cm³/mol. The lowest BCUT2D eigenvalue weighted by atomic mass is 10.2. The van der Waals surface area contributed by atoms with Crippen molar-refractivity contribution in [3.63, 3.8) is 0 Å². The number of benzene rings is 2. The largest absolute Gasteiger partial charge is 0.491 e. The zero-order valence-corrected chi connectivity index (χ0v) is 20.9. The fourth-order valence-electron chi connectivity index (χ4n) is 4.95. The van der Waals surface area contributed by atoms with Crippen LogP contribution in [0, 0.1) is 0 Å². The number of amides is 1. The summed E-state index contributed by atoms with van der Waals surface area (Å²) < 4.78 is 8.41. The number of fused-ring (bicyclic) bond motifs is 2. The van der Waals surface area contributed by atoms with E-state index >= 15 is 0 Å². The summed E-state index contributed by atoms with van der Waals surface area (Å²) in [5.41, 5.74) is 5.70. The highest BCUT2D eigenvalue weighted by molar-refractivity contribution is 7.07. The minimum absolute atomic E-state index is 0.0633. The van der Waals surface area contributed by atoms with Gasteiger partial charge in [0, 0.05) is 34.7 Å². The number of thiazole rings is 1. The average Bonchev–Trinajstić information content (AvgIpc) is 3.69. The third-order valence-electron chi connectivity index (χ3n) is 6.74. The first kappa shape index (κ1) is 23.4. The fraction of sp³-hybridized carbons (Fsp3) is 0.259. The van der Waals surface area contributed by atoms with Gasteiger partial charge in [0.05, 0.1) is 34.7 Å². The van der Waals surface area contributed by atoms with Crippen molar-refractivity contribution in [2.75, 3.05) is 25.1 Å². The van der Waals surface area contributed by atoms with Gasteiger partial charge < -0.3 is 24.6 Å². The summed E-state index contributed by atoms with van der Waals surface area (Å²) in [6, 6.07) is 14.0. The van der Waals surface area contributed by atoms with Gasteiger partial charge in [-0.25, -0.2) is 15.0 Å². The van der Waals surface area contributed by atoms with Crippen molar-refractivity contribution in [2.24, 2.45) is 0 Å². The number of hydrogen-bond acceptors (Lipinski definition) is 8. The molecule has 188 valence electrons. The molecule has 0 aliphatic carbocycles. The first-order valence-corrected chi connectivity index (χ1v) is 13.1. The Balaban J connectivity index is 1.25. The molecule has 0 saturated carbocycles. The van der Waals surface area contributed by atoms with Crippen molar-refractivity contribution >= 4 is 50.6 Å². The lowest BCUT2D eigenvalue weighted by Gasteiger charge is -2.24. The Labute approximate surface area is 217 Å². The number of anilines is 2. The van der Waals surface area contributed by atoms with Crippen molar-refractivity contribution < 1.29 is 14.6 Å². The highest BCUT2D eigenvalue weighted by Crippen LogP contribution is 2.33. The number of hydrogen-bond donors (Lipinski definition) is 2. The number of aliphatic hydroxyl groups excluding tert-OH is 1. The Morgan fingerprint density at radius 3 is 3.00 bits per heavy atom. The number of nitrogens with one attached hydrogen (secondary N) is 1. The van der Waals surface area contributed by atoms with Crippen LogP contribution in [-0.4, -0.2) is 61.2 Å². The Morgan fingerprint density at radius 1 is 1.19 bits per heavy atom. The van der Waals surface area contributed by atoms with E-state index in [1.807, 2.05) is 29.8 Å². The van der Waals surface area contributed by atoms with Crippen molar-refractivity contribution in [3.05, 3.63) is 71.6 Å². The van der Waals surface area contributed by atoms with Crippen molar-refractivity contribution in [2.45, 2.75) is 25.4 Å². The Kier molecular flexibility index (Phi) is 6.42. The molecule has 0 bridgehead atoms. The second kappa shape index (κ2) is 10.2. The summed E-state index contributed by atoms with van der Waals surface area (Å²) >= 11 is 1.60. The molecule has 1 saturated heterocycles. The van der Waals surface area contributed by atoms with E-state index in [9.17, 15) is 9.90 Å². The third-order valence-corrected chi connectivity index (χ3v) is 7.37. The zero-order chi connectivity index (χ0) is 25.2. The molecule has 3 aromatic heterocycles. The average molecular weight is 515 g/mol. The number of aromatic nitrogens is 4. The van der Waals surface area contributed by atoms with Crippen LogP contribution < -0.4 is 10.1 Å². The molecular formula is C27H26N6O3S. The second-order valence-corrected chi connectivity index (χ2v) is 9.77. The van der Waals surface area contributed by atoms with E-state index < -0.39 is 6.61 Å². The normalized spacial score (nSPS) is 15.5. The number of ether oxygens (including phenoxy) is 1. The lowest BCUT2D eigenvalue weighted by molar-refractivity contribution is -0.135. The van der Waals surface area contributed by atoms with Gasteiger partial charge >= 0.3 is 0 Å². The van der Waals surface area contributed by atoms with Crippen molar-refractivity contribution in [1.82, 2.24) is 24.4 Å². The Hall–Kier alpha value is -4.02. The summed E-state index contributed by atoms with van der Waals surface area (Å²) in [6.45, 7) is 1.25. The second-order valence-electron chi connectivity index (χ2n) is 9.05. The van der Waals surface area contributed by atoms with Crippen molar-refractivity contribution in [3.8, 4) is 5.75 Å². The van der Waals surface area contributed by atoms with Crippen LogP contribution in [0.3, 0.4) is 0 Å². The van der Waals surface area contributed by atoms with E-state index in [1.54, 1.807) is 16.2 Å². The van der Waals surface area contributed by atoms with E-state index in [4.69, 9.17) is 4.74 Å². The Morgan fingerprint density at radius 2 is 2.14 bits per heavy atom. The molecule has 4 heterocycles. The van der Waals surface area contributed by atoms with Crippen LogP contribution in [0.4, 0.5) is 11.5 Å². The molecule has 6 rings (SSSR count). The zero-order valence-electron chi connectivity index (χ0n) is 20.1. The SMILES string of the molecule is O=C(CO)N1CCC[C@@H]1COc1cccc2ncnc(Nc3ccc4c(ccn4Cc4cscn4)c3)c12. The van der Waals surface area contributed by atoms with Gasteiger partial charge in [0.25, 0.3) is 0 Å². The summed E-state index contributed by atoms with van der Waals surface area (Å²) in [7, 11) is 0. The molecule has 0 unspecified atom stereocenters. The molecule has 0 spiro atoms. The fourth-order valence-corrected chi connectivity index (χ4v) is 5.50. The van der Waals surface area contributed by atoms with Gasteiger partial charge in [-0.05, 0) is 49.2 Å². The molecule has 0 radical (unpaired) electrons. The molecule has 1 fully saturated rings. The molecule has 1 amide bonds. The summed E-state index contributed by atoms with van der Waals surface area (Å²) in [6.07, 6.45) is 5.36. The number of carbonyl (C=O) groups excluding carboxylic acids is 1. The quantitative estimate of drug-likeness (QED) is 0.320. The van der Waals surface area contributed by atoms with Crippen LogP contribution in [0.2, 0.25) is 0 Å². The van der Waals surface area contributed by atoms with E-state index in [-0.39, 0.29) is 11.9 Å². The molecule has 2 aromatic carbocycles. The smallest absolute Gasteiger partial charge is 0.248 e. The van der Waals surface area contributed by atoms with E-state index in [0.717, 1.165) is 52.6 Å². The van der Waals surface area contributed by atoms with Gasteiger partial charge in [0.1, 0.15) is 31.1 Å². The summed E-state index contributed by atoms with van der Waals surface area (Å²) in [5, 5.41) is 16.7. The van der Waals surface area contributed by atoms with Crippen LogP contribution in [-0.2, 0) is 11.3 Å². The van der Waals surface area contributed by atoms with Crippen LogP contribution in [0.5, 0.6) is 5.75 Å². The summed E-state index contributed by atoms with van der Waals surface area (Å²) in [4.78, 5) is 27.1. The maximum atomic E-state index is 12.1. The van der Waals surface area contributed by atoms with Crippen LogP contribution >= 0.6 is 11.3 Å². The summed E-state index contributed by atoms with van der Waals surface area (Å²) in [5.74, 6) is 1.04. The maximum absolute atomic E-state index is 12.1. The number of carbonyl (C=O) groups is 1. The number of rotatable bonds is 8. The standard InChI is InChI=1S/C27H26N6O3S/c34-13-25(35)33-9-2-3-21(33)14-36-24-5-1-4-22-26(24)27(29-16-28-22)31-19-6-7-23-18(11-19)8-10-32(23)12-20-15-37-17-30-20/h1,4-8,10-11,15-17,21,34H,2-3,9,12-14H2,(H,28,29,31)/t21-/m1/s1. The molecule has 37 heavy (non-hydrogen) atoms. The molecular weight excluding hydrogens is 488 g/mol. The number of aliphatic hydroxyl groups is 1. The minimum atomic E-state index is -0.481. The minimum Gasteiger partial charge on any atom is -0.491 e. The van der Waals surface area contributed by atoms with Gasteiger partial charge in [0.15, 0.2) is 0 Å². The van der Waals surface area contributed by atoms with E-state index in [0.29, 0.717) is 24.7 Å². The van der Waals surface area contributed by atoms with Crippen molar-refractivity contribution in [1.29, 1.82) is 0 Å². The number of nitrogens with zero attached hydrogens (tertiary/aromatic N) is 5. The molecule has 9 nitrogen and oxygen atoms in total.